The lowest BCUT2D eigenvalue weighted by atomic mass is 10.3. The van der Waals surface area contributed by atoms with Crippen LogP contribution in [0.1, 0.15) is 20.3 Å². The van der Waals surface area contributed by atoms with Gasteiger partial charge in [0, 0.05) is 7.11 Å². The molecule has 0 unspecified atom stereocenters. The van der Waals surface area contributed by atoms with E-state index in [1.165, 1.54) is 0 Å². The molecule has 50 valence electrons. The molecule has 0 saturated heterocycles. The summed E-state index contributed by atoms with van der Waals surface area (Å²) in [5.74, 6) is 0. The third kappa shape index (κ3) is 9.20. The second-order valence-corrected chi connectivity index (χ2v) is 1.45. The van der Waals surface area contributed by atoms with E-state index in [-0.39, 0.29) is 0 Å². The van der Waals surface area contributed by atoms with Crippen LogP contribution < -0.4 is 0 Å². The van der Waals surface area contributed by atoms with Crippen LogP contribution in [0.2, 0.25) is 0 Å². The summed E-state index contributed by atoms with van der Waals surface area (Å²) in [6.07, 6.45) is 1.54. The van der Waals surface area contributed by atoms with Gasteiger partial charge in [-0.15, -0.1) is 13.2 Å². The zero-order valence-corrected chi connectivity index (χ0v) is 6.11. The third-order valence-corrected chi connectivity index (χ3v) is 0.977. The van der Waals surface area contributed by atoms with Crippen molar-refractivity contribution in [3.63, 3.8) is 0 Å². The van der Waals surface area contributed by atoms with Crippen molar-refractivity contribution >= 4 is 0 Å². The Balaban J connectivity index is 0. The normalized spacial score (nSPS) is 11.4. The topological polar surface area (TPSA) is 9.23 Å². The predicted octanol–water partition coefficient (Wildman–Crippen LogP) is 2.23. The maximum absolute atomic E-state index is 4.90. The zero-order chi connectivity index (χ0) is 6.99. The molecule has 1 atom stereocenters. The van der Waals surface area contributed by atoms with E-state index in [2.05, 4.69) is 27.0 Å². The summed E-state index contributed by atoms with van der Waals surface area (Å²) in [4.78, 5) is 0. The Morgan fingerprint density at radius 3 is 1.88 bits per heavy atom. The van der Waals surface area contributed by atoms with Crippen molar-refractivity contribution in [2.24, 2.45) is 0 Å². The quantitative estimate of drug-likeness (QED) is 0.503. The molecule has 0 saturated carbocycles. The molecule has 0 fully saturated rings. The second kappa shape index (κ2) is 9.85. The molecule has 1 nitrogen and oxygen atoms in total. The summed E-state index contributed by atoms with van der Waals surface area (Å²) in [7, 11) is 1.73. The average Bonchev–Trinajstić information content (AvgIpc) is 1.91. The molecular weight excluding hydrogens is 100 g/mol. The fourth-order valence-corrected chi connectivity index (χ4v) is 0.167. The van der Waals surface area contributed by atoms with Crippen molar-refractivity contribution in [1.82, 2.24) is 0 Å². The summed E-state index contributed by atoms with van der Waals surface area (Å²) in [6, 6.07) is 0. The van der Waals surface area contributed by atoms with E-state index in [1.54, 1.807) is 7.11 Å². The second-order valence-electron chi connectivity index (χ2n) is 1.45. The Morgan fingerprint density at radius 2 is 1.88 bits per heavy atom. The molecule has 0 spiro atoms. The van der Waals surface area contributed by atoms with Gasteiger partial charge in [0.05, 0.1) is 6.10 Å². The minimum atomic E-state index is 0.435. The molecule has 1 heteroatoms. The van der Waals surface area contributed by atoms with Crippen LogP contribution in [-0.4, -0.2) is 13.2 Å². The number of ether oxygens (including phenoxy) is 1. The number of hydrogen-bond acceptors (Lipinski definition) is 1. The van der Waals surface area contributed by atoms with Gasteiger partial charge in [0.25, 0.3) is 0 Å². The number of hydrogen-bond donors (Lipinski definition) is 0. The summed E-state index contributed by atoms with van der Waals surface area (Å²) in [6.45, 7) is 10.2. The van der Waals surface area contributed by atoms with Crippen molar-refractivity contribution in [1.29, 1.82) is 0 Å². The lowest BCUT2D eigenvalue weighted by Crippen LogP contribution is -2.00. The molecule has 0 aliphatic rings. The largest absolute Gasteiger partial charge is 0.382 e. The van der Waals surface area contributed by atoms with E-state index in [0.29, 0.717) is 6.10 Å². The standard InChI is InChI=1S/C5H12O.C2H4/c1-4-5(2)6-3;1-2/h5H,4H2,1-3H3;1-2H2/t5-;/m0./s1. The predicted molar refractivity (Wildman–Crippen MR) is 38.0 cm³/mol. The molecule has 0 radical (unpaired) electrons. The van der Waals surface area contributed by atoms with Crippen LogP contribution in [0.5, 0.6) is 0 Å². The van der Waals surface area contributed by atoms with Crippen LogP contribution in [0.25, 0.3) is 0 Å². The average molecular weight is 116 g/mol. The van der Waals surface area contributed by atoms with Crippen LogP contribution in [0.15, 0.2) is 13.2 Å². The highest BCUT2D eigenvalue weighted by molar-refractivity contribution is 4.38. The van der Waals surface area contributed by atoms with E-state index in [0.717, 1.165) is 6.42 Å². The van der Waals surface area contributed by atoms with E-state index < -0.39 is 0 Å². The highest BCUT2D eigenvalue weighted by Gasteiger charge is 1.88. The monoisotopic (exact) mass is 116 g/mol. The molecule has 0 aliphatic carbocycles. The maximum atomic E-state index is 4.90. The van der Waals surface area contributed by atoms with Crippen LogP contribution in [0.3, 0.4) is 0 Å². The molecule has 0 bridgehead atoms. The van der Waals surface area contributed by atoms with Gasteiger partial charge in [-0.25, -0.2) is 0 Å². The Bertz CT molecular complexity index is 31.4. The fourth-order valence-electron chi connectivity index (χ4n) is 0.167. The smallest absolute Gasteiger partial charge is 0.0540 e. The minimum absolute atomic E-state index is 0.435. The molecule has 0 N–H and O–H groups in total. The fraction of sp³-hybridized carbons (Fsp3) is 0.714. The van der Waals surface area contributed by atoms with Crippen LogP contribution in [0.4, 0.5) is 0 Å². The highest BCUT2D eigenvalue weighted by atomic mass is 16.5. The first kappa shape index (κ1) is 10.6. The molecule has 0 heterocycles. The van der Waals surface area contributed by atoms with Gasteiger partial charge in [-0.3, -0.25) is 0 Å². The first-order chi connectivity index (χ1) is 3.81. The van der Waals surface area contributed by atoms with Gasteiger partial charge < -0.3 is 4.74 Å². The van der Waals surface area contributed by atoms with Gasteiger partial charge in [0.15, 0.2) is 0 Å². The van der Waals surface area contributed by atoms with E-state index in [4.69, 9.17) is 4.74 Å². The van der Waals surface area contributed by atoms with Gasteiger partial charge in [-0.1, -0.05) is 6.92 Å². The summed E-state index contributed by atoms with van der Waals surface area (Å²) >= 11 is 0. The Labute approximate surface area is 52.4 Å². The van der Waals surface area contributed by atoms with Gasteiger partial charge in [-0.05, 0) is 13.3 Å². The van der Waals surface area contributed by atoms with Crippen molar-refractivity contribution in [2.45, 2.75) is 26.4 Å². The SMILES string of the molecule is C=C.CC[C@H](C)OC. The Morgan fingerprint density at radius 1 is 1.50 bits per heavy atom. The van der Waals surface area contributed by atoms with Crippen molar-refractivity contribution < 1.29 is 4.74 Å². The van der Waals surface area contributed by atoms with Crippen molar-refractivity contribution in [3.8, 4) is 0 Å². The van der Waals surface area contributed by atoms with Gasteiger partial charge in [0.2, 0.25) is 0 Å². The lowest BCUT2D eigenvalue weighted by molar-refractivity contribution is 0.115. The third-order valence-electron chi connectivity index (χ3n) is 0.977. The molecule has 0 aromatic carbocycles. The molecular formula is C7H16O. The molecule has 0 amide bonds. The lowest BCUT2D eigenvalue weighted by Gasteiger charge is -2.01. The van der Waals surface area contributed by atoms with Gasteiger partial charge in [-0.2, -0.15) is 0 Å². The van der Waals surface area contributed by atoms with Gasteiger partial charge >= 0.3 is 0 Å². The summed E-state index contributed by atoms with van der Waals surface area (Å²) < 4.78 is 4.90. The number of rotatable bonds is 2. The molecule has 0 aliphatic heterocycles. The van der Waals surface area contributed by atoms with E-state index >= 15 is 0 Å². The van der Waals surface area contributed by atoms with Crippen LogP contribution in [-0.2, 0) is 4.74 Å². The minimum Gasteiger partial charge on any atom is -0.382 e. The van der Waals surface area contributed by atoms with E-state index in [1.807, 2.05) is 0 Å². The first-order valence-corrected chi connectivity index (χ1v) is 2.84. The highest BCUT2D eigenvalue weighted by Crippen LogP contribution is 1.89. The summed E-state index contributed by atoms with van der Waals surface area (Å²) in [5.41, 5.74) is 0. The van der Waals surface area contributed by atoms with E-state index in [9.17, 15) is 0 Å². The molecule has 0 aromatic heterocycles. The number of methoxy groups -OCH3 is 1. The molecule has 0 aromatic rings. The Hall–Kier alpha value is -0.300. The molecule has 8 heavy (non-hydrogen) atoms. The van der Waals surface area contributed by atoms with Gasteiger partial charge in [0.1, 0.15) is 0 Å². The van der Waals surface area contributed by atoms with Crippen molar-refractivity contribution in [2.75, 3.05) is 7.11 Å². The maximum Gasteiger partial charge on any atom is 0.0540 e. The Kier molecular flexibility index (Phi) is 13.1. The summed E-state index contributed by atoms with van der Waals surface area (Å²) in [5, 5.41) is 0. The first-order valence-electron chi connectivity index (χ1n) is 2.84. The van der Waals surface area contributed by atoms with Crippen LogP contribution in [0, 0.1) is 0 Å². The van der Waals surface area contributed by atoms with Crippen molar-refractivity contribution in [3.05, 3.63) is 13.2 Å². The molecule has 0 rings (SSSR count). The van der Waals surface area contributed by atoms with Crippen LogP contribution >= 0.6 is 0 Å². The zero-order valence-electron chi connectivity index (χ0n) is 6.11.